The molecule has 9 nitrogen and oxygen atoms in total. The predicted octanol–water partition coefficient (Wildman–Crippen LogP) is 4.65. The van der Waals surface area contributed by atoms with Crippen LogP contribution < -0.4 is 9.80 Å². The number of rotatable bonds is 5. The van der Waals surface area contributed by atoms with Crippen molar-refractivity contribution in [3.8, 4) is 11.1 Å². The van der Waals surface area contributed by atoms with Crippen molar-refractivity contribution in [2.45, 2.75) is 32.4 Å². The van der Waals surface area contributed by atoms with E-state index in [2.05, 4.69) is 47.4 Å². The number of likely N-dealkylation sites (tertiary alicyclic amines) is 1. The summed E-state index contributed by atoms with van der Waals surface area (Å²) in [6.07, 6.45) is 4.08. The van der Waals surface area contributed by atoms with Crippen LogP contribution in [0.2, 0.25) is 5.02 Å². The molecule has 2 unspecified atom stereocenters. The van der Waals surface area contributed by atoms with Crippen LogP contribution in [-0.2, 0) is 11.8 Å². The second kappa shape index (κ2) is 9.89. The Balaban J connectivity index is 1.37. The smallest absolute Gasteiger partial charge is 0.246 e. The lowest BCUT2D eigenvalue weighted by atomic mass is 9.71. The van der Waals surface area contributed by atoms with Crippen LogP contribution in [0.5, 0.6) is 0 Å². The molecule has 0 saturated carbocycles. The number of amides is 1. The van der Waals surface area contributed by atoms with Gasteiger partial charge in [0.25, 0.3) is 0 Å². The topological polar surface area (TPSA) is 73.6 Å². The van der Waals surface area contributed by atoms with Crippen molar-refractivity contribution in [1.82, 2.24) is 29.5 Å². The third-order valence-electron chi connectivity index (χ3n) is 10.1. The monoisotopic (exact) mass is 602 g/mol. The normalized spacial score (nSPS) is 22.2. The molecule has 5 heterocycles. The molecule has 3 aliphatic heterocycles. The van der Waals surface area contributed by atoms with Gasteiger partial charge in [-0.05, 0) is 52.1 Å². The van der Waals surface area contributed by atoms with Crippen LogP contribution >= 0.6 is 11.6 Å². The number of aryl methyl sites for hydroxylation is 2. The number of hydrogen-bond donors (Lipinski definition) is 0. The number of hydrogen-bond acceptors (Lipinski definition) is 7. The summed E-state index contributed by atoms with van der Waals surface area (Å²) in [5.74, 6) is 0.713. The summed E-state index contributed by atoms with van der Waals surface area (Å²) in [7, 11) is 5.98. The average Bonchev–Trinajstić information content (AvgIpc) is 3.57. The SMILES string of the molecule is C=CC(=O)N1CC2(CCN(c3nc(N4CC(N(C)C)C4)nc4c(F)c(-c5c(C)ccc6cnn(C)c56)c(Cl)cc34)C2)C1C. The van der Waals surface area contributed by atoms with Gasteiger partial charge in [-0.25, -0.2) is 9.37 Å². The molecule has 2 aromatic heterocycles. The maximum Gasteiger partial charge on any atom is 0.246 e. The van der Waals surface area contributed by atoms with Gasteiger partial charge in [-0.15, -0.1) is 0 Å². The molecular weight excluding hydrogens is 567 g/mol. The van der Waals surface area contributed by atoms with E-state index in [4.69, 9.17) is 21.6 Å². The number of anilines is 2. The zero-order valence-corrected chi connectivity index (χ0v) is 26.0. The van der Waals surface area contributed by atoms with Gasteiger partial charge in [0, 0.05) is 79.2 Å². The Labute approximate surface area is 255 Å². The van der Waals surface area contributed by atoms with E-state index in [1.165, 1.54) is 6.08 Å². The minimum atomic E-state index is -0.456. The zero-order chi connectivity index (χ0) is 30.4. The standard InChI is InChI=1S/C32H36ClFN8O/c1-7-24(43)42-17-32(19(42)3)10-11-40(16-32)30-22-12-23(33)26(25-18(2)8-9-20-13-35-39(6)29(20)25)27(34)28(22)36-31(37-30)41-14-21(15-41)38(4)5/h7-9,12-13,19,21H,1,10-11,14-17H2,2-6H3. The second-order valence-corrected chi connectivity index (χ2v) is 13.1. The summed E-state index contributed by atoms with van der Waals surface area (Å²) in [5, 5.41) is 6.24. The van der Waals surface area contributed by atoms with E-state index in [0.717, 1.165) is 54.6 Å². The molecule has 7 rings (SSSR count). The first-order chi connectivity index (χ1) is 20.5. The molecule has 0 bridgehead atoms. The summed E-state index contributed by atoms with van der Waals surface area (Å²) >= 11 is 6.98. The predicted molar refractivity (Wildman–Crippen MR) is 169 cm³/mol. The third kappa shape index (κ3) is 4.13. The quantitative estimate of drug-likeness (QED) is 0.308. The van der Waals surface area contributed by atoms with Gasteiger partial charge in [-0.2, -0.15) is 10.1 Å². The van der Waals surface area contributed by atoms with E-state index < -0.39 is 5.82 Å². The first-order valence-electron chi connectivity index (χ1n) is 14.7. The Kier molecular flexibility index (Phi) is 6.45. The lowest BCUT2D eigenvalue weighted by Gasteiger charge is -2.54. The Hall–Kier alpha value is -3.76. The van der Waals surface area contributed by atoms with Crippen molar-refractivity contribution < 1.29 is 9.18 Å². The molecule has 2 aromatic carbocycles. The van der Waals surface area contributed by atoms with Crippen molar-refractivity contribution in [2.75, 3.05) is 56.6 Å². The molecule has 43 heavy (non-hydrogen) atoms. The lowest BCUT2D eigenvalue weighted by molar-refractivity contribution is -0.145. The first kappa shape index (κ1) is 28.0. The lowest BCUT2D eigenvalue weighted by Crippen LogP contribution is -2.65. The molecule has 1 spiro atoms. The zero-order valence-electron chi connectivity index (χ0n) is 25.2. The summed E-state index contributed by atoms with van der Waals surface area (Å²) in [4.78, 5) is 30.6. The van der Waals surface area contributed by atoms with E-state index in [-0.39, 0.29) is 22.9 Å². The van der Waals surface area contributed by atoms with E-state index in [1.54, 1.807) is 10.9 Å². The highest BCUT2D eigenvalue weighted by atomic mass is 35.5. The molecule has 3 fully saturated rings. The number of aromatic nitrogens is 4. The molecule has 3 aliphatic rings. The van der Waals surface area contributed by atoms with Crippen molar-refractivity contribution in [3.05, 3.63) is 53.5 Å². The molecule has 0 radical (unpaired) electrons. The Morgan fingerprint density at radius 2 is 1.95 bits per heavy atom. The molecule has 1 amide bonds. The minimum absolute atomic E-state index is 0.0419. The number of benzene rings is 2. The van der Waals surface area contributed by atoms with Gasteiger partial charge < -0.3 is 19.6 Å². The van der Waals surface area contributed by atoms with Gasteiger partial charge in [-0.1, -0.05) is 30.3 Å². The van der Waals surface area contributed by atoms with Gasteiger partial charge in [0.2, 0.25) is 11.9 Å². The molecule has 0 N–H and O–H groups in total. The first-order valence-corrected chi connectivity index (χ1v) is 15.1. The minimum Gasteiger partial charge on any atom is -0.355 e. The van der Waals surface area contributed by atoms with Crippen LogP contribution in [0, 0.1) is 18.2 Å². The molecular formula is C32H36ClFN8O. The number of carbonyl (C=O) groups excluding carboxylic acids is 1. The fraction of sp³-hybridized carbons (Fsp3) is 0.438. The number of nitrogens with zero attached hydrogens (tertiary/aromatic N) is 8. The van der Waals surface area contributed by atoms with E-state index in [1.807, 2.05) is 37.1 Å². The largest absolute Gasteiger partial charge is 0.355 e. The maximum atomic E-state index is 17.0. The number of halogens is 2. The van der Waals surface area contributed by atoms with E-state index in [0.29, 0.717) is 40.3 Å². The van der Waals surface area contributed by atoms with Crippen LogP contribution in [0.3, 0.4) is 0 Å². The van der Waals surface area contributed by atoms with Crippen LogP contribution in [0.4, 0.5) is 16.2 Å². The summed E-state index contributed by atoms with van der Waals surface area (Å²) in [6, 6.07) is 6.26. The van der Waals surface area contributed by atoms with Gasteiger partial charge in [-0.3, -0.25) is 9.48 Å². The molecule has 11 heteroatoms. The van der Waals surface area contributed by atoms with Gasteiger partial charge in [0.1, 0.15) is 11.3 Å². The van der Waals surface area contributed by atoms with E-state index >= 15 is 4.39 Å². The summed E-state index contributed by atoms with van der Waals surface area (Å²) in [6.45, 7) is 11.4. The van der Waals surface area contributed by atoms with Crippen molar-refractivity contribution in [2.24, 2.45) is 12.5 Å². The second-order valence-electron chi connectivity index (χ2n) is 12.7. The van der Waals surface area contributed by atoms with Crippen LogP contribution in [0.25, 0.3) is 32.9 Å². The van der Waals surface area contributed by atoms with Crippen molar-refractivity contribution >= 4 is 51.1 Å². The summed E-state index contributed by atoms with van der Waals surface area (Å²) < 4.78 is 18.7. The number of likely N-dealkylation sites (N-methyl/N-ethyl adjacent to an activating group) is 1. The van der Waals surface area contributed by atoms with Crippen LogP contribution in [0.15, 0.2) is 37.1 Å². The summed E-state index contributed by atoms with van der Waals surface area (Å²) in [5.41, 5.74) is 2.99. The molecule has 224 valence electrons. The number of fused-ring (bicyclic) bond motifs is 2. The Bertz CT molecular complexity index is 1810. The highest BCUT2D eigenvalue weighted by Crippen LogP contribution is 2.48. The fourth-order valence-corrected chi connectivity index (χ4v) is 7.45. The van der Waals surface area contributed by atoms with Crippen molar-refractivity contribution in [1.29, 1.82) is 0 Å². The molecule has 0 aliphatic carbocycles. The number of carbonyl (C=O) groups is 1. The van der Waals surface area contributed by atoms with Gasteiger partial charge >= 0.3 is 0 Å². The van der Waals surface area contributed by atoms with Crippen LogP contribution in [0.1, 0.15) is 18.9 Å². The maximum absolute atomic E-state index is 17.0. The van der Waals surface area contributed by atoms with Crippen molar-refractivity contribution in [3.63, 3.8) is 0 Å². The highest BCUT2D eigenvalue weighted by molar-refractivity contribution is 6.35. The Morgan fingerprint density at radius 3 is 2.65 bits per heavy atom. The average molecular weight is 603 g/mol. The van der Waals surface area contributed by atoms with E-state index in [9.17, 15) is 4.79 Å². The molecule has 3 saturated heterocycles. The fourth-order valence-electron chi connectivity index (χ4n) is 7.17. The highest BCUT2D eigenvalue weighted by Gasteiger charge is 2.55. The van der Waals surface area contributed by atoms with Crippen LogP contribution in [-0.4, -0.2) is 94.4 Å². The molecule has 2 atom stereocenters. The van der Waals surface area contributed by atoms with Gasteiger partial charge in [0.05, 0.1) is 16.7 Å². The molecule has 4 aromatic rings. The Morgan fingerprint density at radius 1 is 1.19 bits per heavy atom. The third-order valence-corrected chi connectivity index (χ3v) is 10.4. The van der Waals surface area contributed by atoms with Gasteiger partial charge in [0.15, 0.2) is 5.82 Å².